The molecule has 0 saturated carbocycles. The molecule has 0 aliphatic carbocycles. The molecule has 3 aromatic rings. The number of aromatic amines is 1. The van der Waals surface area contributed by atoms with Gasteiger partial charge < -0.3 is 25.1 Å². The molecule has 6 nitrogen and oxygen atoms in total. The summed E-state index contributed by atoms with van der Waals surface area (Å²) in [5.41, 5.74) is 2.24. The van der Waals surface area contributed by atoms with Crippen LogP contribution in [-0.2, 0) is 11.3 Å². The molecule has 0 unspecified atom stereocenters. The molecule has 0 aliphatic rings. The number of amides is 2. The summed E-state index contributed by atoms with van der Waals surface area (Å²) in [6.07, 6.45) is 0. The van der Waals surface area contributed by atoms with Crippen LogP contribution < -0.4 is 15.4 Å². The van der Waals surface area contributed by atoms with Crippen LogP contribution in [0.15, 0.2) is 48.5 Å². The van der Waals surface area contributed by atoms with Crippen molar-refractivity contribution < 1.29 is 18.7 Å². The molecule has 2 amide bonds. The van der Waals surface area contributed by atoms with Gasteiger partial charge >= 0.3 is 6.03 Å². The predicted molar refractivity (Wildman–Crippen MR) is 97.9 cm³/mol. The first kappa shape index (κ1) is 17.8. The van der Waals surface area contributed by atoms with Crippen molar-refractivity contribution in [3.63, 3.8) is 0 Å². The number of anilines is 1. The van der Waals surface area contributed by atoms with Crippen LogP contribution in [0.5, 0.6) is 5.75 Å². The molecule has 136 valence electrons. The Morgan fingerprint density at radius 1 is 1.15 bits per heavy atom. The molecular weight excluding hydrogens is 337 g/mol. The van der Waals surface area contributed by atoms with E-state index < -0.39 is 11.8 Å². The van der Waals surface area contributed by atoms with Crippen molar-refractivity contribution in [3.05, 3.63) is 60.0 Å². The molecule has 0 radical (unpaired) electrons. The number of carbonyl (C=O) groups excluding carboxylic acids is 1. The fourth-order valence-electron chi connectivity index (χ4n) is 2.51. The number of carbonyl (C=O) groups is 1. The molecule has 0 aliphatic heterocycles. The van der Waals surface area contributed by atoms with Crippen molar-refractivity contribution >= 4 is 22.6 Å². The number of aromatic nitrogens is 1. The number of fused-ring (bicyclic) bond motifs is 1. The van der Waals surface area contributed by atoms with E-state index in [2.05, 4.69) is 15.6 Å². The molecule has 0 spiro atoms. The topological polar surface area (TPSA) is 75.4 Å². The minimum Gasteiger partial charge on any atom is -0.488 e. The van der Waals surface area contributed by atoms with Crippen LogP contribution in [0, 0.1) is 5.82 Å². The van der Waals surface area contributed by atoms with Gasteiger partial charge in [0, 0.05) is 30.1 Å². The van der Waals surface area contributed by atoms with Crippen molar-refractivity contribution in [3.8, 4) is 5.75 Å². The largest absolute Gasteiger partial charge is 0.488 e. The second-order valence-corrected chi connectivity index (χ2v) is 5.68. The fraction of sp³-hybridized carbons (Fsp3) is 0.211. The van der Waals surface area contributed by atoms with E-state index in [4.69, 9.17) is 9.47 Å². The van der Waals surface area contributed by atoms with Gasteiger partial charge in [0.1, 0.15) is 6.61 Å². The van der Waals surface area contributed by atoms with E-state index in [1.165, 1.54) is 12.1 Å². The first-order chi connectivity index (χ1) is 12.7. The smallest absolute Gasteiger partial charge is 0.319 e. The summed E-state index contributed by atoms with van der Waals surface area (Å²) in [7, 11) is 1.54. The van der Waals surface area contributed by atoms with E-state index in [-0.39, 0.29) is 12.4 Å². The molecule has 1 aromatic heterocycles. The van der Waals surface area contributed by atoms with Crippen molar-refractivity contribution in [2.45, 2.75) is 6.54 Å². The summed E-state index contributed by atoms with van der Waals surface area (Å²) in [6.45, 7) is 0.960. The second kappa shape index (κ2) is 8.35. The van der Waals surface area contributed by atoms with Gasteiger partial charge in [-0.25, -0.2) is 9.18 Å². The number of hydrogen-bond acceptors (Lipinski definition) is 3. The van der Waals surface area contributed by atoms with E-state index in [0.717, 1.165) is 16.6 Å². The fourth-order valence-corrected chi connectivity index (χ4v) is 2.51. The summed E-state index contributed by atoms with van der Waals surface area (Å²) in [6, 6.07) is 13.7. The number of hydrogen-bond donors (Lipinski definition) is 3. The van der Waals surface area contributed by atoms with Crippen LogP contribution >= 0.6 is 0 Å². The molecule has 1 heterocycles. The minimum absolute atomic E-state index is 0.117. The first-order valence-corrected chi connectivity index (χ1v) is 8.18. The highest BCUT2D eigenvalue weighted by molar-refractivity contribution is 5.89. The SMILES string of the molecule is COCCOc1ccc(NC(=O)NCc2cc3ccccc3[nH]2)cc1F. The standard InChI is InChI=1S/C19H20FN3O3/c1-25-8-9-26-18-7-6-14(11-16(18)20)23-19(24)21-12-15-10-13-4-2-3-5-17(13)22-15/h2-7,10-11,22H,8-9,12H2,1H3,(H2,21,23,24). The van der Waals surface area contributed by atoms with Gasteiger partial charge in [-0.15, -0.1) is 0 Å². The highest BCUT2D eigenvalue weighted by Gasteiger charge is 2.08. The number of rotatable bonds is 7. The van der Waals surface area contributed by atoms with Gasteiger partial charge in [0.2, 0.25) is 0 Å². The lowest BCUT2D eigenvalue weighted by atomic mass is 10.2. The molecule has 2 aromatic carbocycles. The van der Waals surface area contributed by atoms with Crippen LogP contribution in [0.25, 0.3) is 10.9 Å². The number of para-hydroxylation sites is 1. The van der Waals surface area contributed by atoms with Crippen molar-refractivity contribution in [2.24, 2.45) is 0 Å². The lowest BCUT2D eigenvalue weighted by Gasteiger charge is -2.10. The summed E-state index contributed by atoms with van der Waals surface area (Å²) in [5.74, 6) is -0.430. The number of H-pyrrole nitrogens is 1. The Labute approximate surface area is 150 Å². The Balaban J connectivity index is 1.53. The zero-order chi connectivity index (χ0) is 18.4. The molecular formula is C19H20FN3O3. The van der Waals surface area contributed by atoms with Gasteiger partial charge in [-0.2, -0.15) is 0 Å². The zero-order valence-electron chi connectivity index (χ0n) is 14.3. The molecule has 3 N–H and O–H groups in total. The Morgan fingerprint density at radius 2 is 2.00 bits per heavy atom. The van der Waals surface area contributed by atoms with Crippen LogP contribution in [0.2, 0.25) is 0 Å². The number of urea groups is 1. The molecule has 0 fully saturated rings. The van der Waals surface area contributed by atoms with E-state index in [1.807, 2.05) is 30.3 Å². The highest BCUT2D eigenvalue weighted by Crippen LogP contribution is 2.21. The van der Waals surface area contributed by atoms with Crippen LogP contribution in [-0.4, -0.2) is 31.3 Å². The average molecular weight is 357 g/mol. The van der Waals surface area contributed by atoms with Gasteiger partial charge in [0.25, 0.3) is 0 Å². The third-order valence-corrected chi connectivity index (χ3v) is 3.76. The van der Waals surface area contributed by atoms with Crippen LogP contribution in [0.3, 0.4) is 0 Å². The summed E-state index contributed by atoms with van der Waals surface area (Å²) in [5, 5.41) is 6.41. The first-order valence-electron chi connectivity index (χ1n) is 8.18. The Kier molecular flexibility index (Phi) is 5.70. The molecule has 0 bridgehead atoms. The second-order valence-electron chi connectivity index (χ2n) is 5.68. The maximum absolute atomic E-state index is 14.0. The van der Waals surface area contributed by atoms with Gasteiger partial charge in [-0.3, -0.25) is 0 Å². The van der Waals surface area contributed by atoms with E-state index in [9.17, 15) is 9.18 Å². The van der Waals surface area contributed by atoms with Crippen LogP contribution in [0.4, 0.5) is 14.9 Å². The maximum atomic E-state index is 14.0. The van der Waals surface area contributed by atoms with Crippen LogP contribution in [0.1, 0.15) is 5.69 Å². The average Bonchev–Trinajstić information content (AvgIpc) is 3.05. The third kappa shape index (κ3) is 4.52. The summed E-state index contributed by atoms with van der Waals surface area (Å²) < 4.78 is 24.0. The summed E-state index contributed by atoms with van der Waals surface area (Å²) in [4.78, 5) is 15.2. The summed E-state index contributed by atoms with van der Waals surface area (Å²) >= 11 is 0. The lowest BCUT2D eigenvalue weighted by Crippen LogP contribution is -2.28. The Hall–Kier alpha value is -3.06. The van der Waals surface area contributed by atoms with E-state index >= 15 is 0 Å². The zero-order valence-corrected chi connectivity index (χ0v) is 14.3. The number of benzene rings is 2. The molecule has 0 atom stereocenters. The number of methoxy groups -OCH3 is 1. The quantitative estimate of drug-likeness (QED) is 0.565. The number of nitrogens with one attached hydrogen (secondary N) is 3. The third-order valence-electron chi connectivity index (χ3n) is 3.76. The Morgan fingerprint density at radius 3 is 2.77 bits per heavy atom. The predicted octanol–water partition coefficient (Wildman–Crippen LogP) is 3.65. The minimum atomic E-state index is -0.547. The lowest BCUT2D eigenvalue weighted by molar-refractivity contribution is 0.144. The molecule has 7 heteroatoms. The number of halogens is 1. The van der Waals surface area contributed by atoms with E-state index in [1.54, 1.807) is 13.2 Å². The maximum Gasteiger partial charge on any atom is 0.319 e. The van der Waals surface area contributed by atoms with Gasteiger partial charge in [0.05, 0.1) is 13.2 Å². The molecule has 3 rings (SSSR count). The number of ether oxygens (including phenoxy) is 2. The molecule has 0 saturated heterocycles. The molecule has 26 heavy (non-hydrogen) atoms. The monoisotopic (exact) mass is 357 g/mol. The van der Waals surface area contributed by atoms with Crippen molar-refractivity contribution in [1.29, 1.82) is 0 Å². The van der Waals surface area contributed by atoms with Crippen molar-refractivity contribution in [2.75, 3.05) is 25.6 Å². The van der Waals surface area contributed by atoms with Gasteiger partial charge in [-0.05, 0) is 29.7 Å². The van der Waals surface area contributed by atoms with E-state index in [0.29, 0.717) is 18.8 Å². The normalized spacial score (nSPS) is 10.7. The van der Waals surface area contributed by atoms with Gasteiger partial charge in [-0.1, -0.05) is 18.2 Å². The highest BCUT2D eigenvalue weighted by atomic mass is 19.1. The van der Waals surface area contributed by atoms with Gasteiger partial charge in [0.15, 0.2) is 11.6 Å². The van der Waals surface area contributed by atoms with Crippen molar-refractivity contribution in [1.82, 2.24) is 10.3 Å². The Bertz CT molecular complexity index is 862.